The number of carbonyl (C=O) groups is 2. The van der Waals surface area contributed by atoms with Crippen molar-refractivity contribution in [1.82, 2.24) is 4.90 Å². The maximum atomic E-state index is 12.3. The third kappa shape index (κ3) is 3.33. The van der Waals surface area contributed by atoms with Gasteiger partial charge >= 0.3 is 5.97 Å². The summed E-state index contributed by atoms with van der Waals surface area (Å²) in [6, 6.07) is -0.599. The predicted molar refractivity (Wildman–Crippen MR) is 80.0 cm³/mol. The fourth-order valence-electron chi connectivity index (χ4n) is 2.64. The van der Waals surface area contributed by atoms with Gasteiger partial charge in [0, 0.05) is 19.0 Å². The number of carboxylic acids is 1. The smallest absolute Gasteiger partial charge is 0.325 e. The number of hydrogen-bond donors (Lipinski definition) is 3. The number of carboxylic acid groups (broad SMARTS) is 1. The Labute approximate surface area is 121 Å². The van der Waals surface area contributed by atoms with Gasteiger partial charge in [-0.1, -0.05) is 26.6 Å². The average molecular weight is 283 g/mol. The van der Waals surface area contributed by atoms with Gasteiger partial charge in [0.25, 0.3) is 0 Å². The highest BCUT2D eigenvalue weighted by Crippen LogP contribution is 2.30. The van der Waals surface area contributed by atoms with Crippen molar-refractivity contribution in [3.63, 3.8) is 0 Å². The Balaban J connectivity index is 2.84. The molecule has 6 nitrogen and oxygen atoms in total. The molecule has 0 bridgehead atoms. The fourth-order valence-corrected chi connectivity index (χ4v) is 2.64. The van der Waals surface area contributed by atoms with Crippen LogP contribution < -0.4 is 11.5 Å². The second-order valence-electron chi connectivity index (χ2n) is 6.17. The van der Waals surface area contributed by atoms with Crippen LogP contribution in [-0.2, 0) is 9.59 Å². The number of aliphatic carboxylic acids is 1. The molecule has 3 atom stereocenters. The molecule has 0 aromatic carbocycles. The summed E-state index contributed by atoms with van der Waals surface area (Å²) in [6.07, 6.45) is 2.61. The van der Waals surface area contributed by atoms with E-state index in [0.717, 1.165) is 19.2 Å². The molecular formula is C13H26BN3O3. The topological polar surface area (TPSA) is 110 Å². The first-order valence-corrected chi connectivity index (χ1v) is 7.30. The molecule has 0 aliphatic carbocycles. The van der Waals surface area contributed by atoms with E-state index in [1.807, 2.05) is 21.7 Å². The van der Waals surface area contributed by atoms with E-state index in [-0.39, 0.29) is 24.3 Å². The zero-order valence-corrected chi connectivity index (χ0v) is 12.6. The van der Waals surface area contributed by atoms with Gasteiger partial charge in [-0.05, 0) is 12.3 Å². The van der Waals surface area contributed by atoms with Gasteiger partial charge < -0.3 is 21.5 Å². The van der Waals surface area contributed by atoms with Gasteiger partial charge in [0.15, 0.2) is 0 Å². The van der Waals surface area contributed by atoms with Crippen molar-refractivity contribution >= 4 is 19.7 Å². The third-order valence-electron chi connectivity index (χ3n) is 4.24. The summed E-state index contributed by atoms with van der Waals surface area (Å²) in [5.41, 5.74) is 10.6. The van der Waals surface area contributed by atoms with Gasteiger partial charge in [0.05, 0.1) is 6.04 Å². The molecule has 0 saturated carbocycles. The lowest BCUT2D eigenvalue weighted by Crippen LogP contribution is -2.55. The van der Waals surface area contributed by atoms with Crippen LogP contribution in [0.1, 0.15) is 26.7 Å². The Morgan fingerprint density at radius 3 is 2.55 bits per heavy atom. The number of nitrogens with zero attached hydrogens (tertiary/aromatic N) is 1. The van der Waals surface area contributed by atoms with Crippen molar-refractivity contribution in [2.75, 3.05) is 13.1 Å². The van der Waals surface area contributed by atoms with Gasteiger partial charge in [-0.2, -0.15) is 0 Å². The van der Waals surface area contributed by atoms with Crippen LogP contribution in [0.3, 0.4) is 0 Å². The maximum Gasteiger partial charge on any atom is 0.325 e. The average Bonchev–Trinajstić information content (AvgIpc) is 2.73. The molecule has 0 unspecified atom stereocenters. The summed E-state index contributed by atoms with van der Waals surface area (Å²) in [6.45, 7) is 4.19. The number of amides is 1. The minimum absolute atomic E-state index is 0.0224. The van der Waals surface area contributed by atoms with E-state index in [1.165, 1.54) is 4.90 Å². The van der Waals surface area contributed by atoms with Crippen molar-refractivity contribution < 1.29 is 14.7 Å². The largest absolute Gasteiger partial charge is 0.480 e. The van der Waals surface area contributed by atoms with Gasteiger partial charge in [0.1, 0.15) is 13.4 Å². The lowest BCUT2D eigenvalue weighted by atomic mass is 9.83. The maximum absolute atomic E-state index is 12.3. The van der Waals surface area contributed by atoms with Crippen LogP contribution in [0.2, 0.25) is 6.32 Å². The van der Waals surface area contributed by atoms with Crippen LogP contribution in [0, 0.1) is 11.8 Å². The van der Waals surface area contributed by atoms with Gasteiger partial charge in [-0.3, -0.25) is 9.59 Å². The van der Waals surface area contributed by atoms with E-state index in [2.05, 4.69) is 0 Å². The van der Waals surface area contributed by atoms with Crippen molar-refractivity contribution in [3.8, 4) is 0 Å². The van der Waals surface area contributed by atoms with Crippen LogP contribution in [0.25, 0.3) is 0 Å². The molecule has 5 N–H and O–H groups in total. The standard InChI is InChI=1S/C13H26BN3O3/c1-8(2)10(15)11(18)17-6-9(4-3-5-14)13(16,7-17)12(19)20/h8-10H,3-7,14-16H2,1-2H3,(H,19,20)/t9-,10-,13-/m0/s1. The lowest BCUT2D eigenvalue weighted by molar-refractivity contribution is -0.144. The summed E-state index contributed by atoms with van der Waals surface area (Å²) in [7, 11) is 2.05. The molecule has 1 amide bonds. The monoisotopic (exact) mass is 283 g/mol. The molecule has 1 aliphatic heterocycles. The third-order valence-corrected chi connectivity index (χ3v) is 4.24. The molecule has 1 saturated heterocycles. The summed E-state index contributed by atoms with van der Waals surface area (Å²) in [5.74, 6) is -1.42. The molecule has 0 aromatic rings. The Morgan fingerprint density at radius 1 is 1.50 bits per heavy atom. The number of rotatable bonds is 6. The molecule has 114 valence electrons. The molecule has 0 spiro atoms. The van der Waals surface area contributed by atoms with E-state index in [1.54, 1.807) is 0 Å². The summed E-state index contributed by atoms with van der Waals surface area (Å²) in [4.78, 5) is 25.3. The summed E-state index contributed by atoms with van der Waals surface area (Å²) in [5, 5.41) is 9.40. The molecule has 1 fully saturated rings. The molecule has 1 rings (SSSR count). The van der Waals surface area contributed by atoms with E-state index in [0.29, 0.717) is 6.54 Å². The summed E-state index contributed by atoms with van der Waals surface area (Å²) >= 11 is 0. The van der Waals surface area contributed by atoms with Gasteiger partial charge in [-0.15, -0.1) is 0 Å². The Bertz CT molecular complexity index is 378. The quantitative estimate of drug-likeness (QED) is 0.544. The van der Waals surface area contributed by atoms with E-state index in [9.17, 15) is 14.7 Å². The van der Waals surface area contributed by atoms with E-state index in [4.69, 9.17) is 11.5 Å². The van der Waals surface area contributed by atoms with Crippen LogP contribution >= 0.6 is 0 Å². The van der Waals surface area contributed by atoms with E-state index < -0.39 is 17.6 Å². The zero-order chi connectivity index (χ0) is 15.5. The Morgan fingerprint density at radius 2 is 2.10 bits per heavy atom. The highest BCUT2D eigenvalue weighted by molar-refractivity contribution is 6.08. The predicted octanol–water partition coefficient (Wildman–Crippen LogP) is -0.958. The SMILES string of the molecule is BCCC[C@H]1CN(C(=O)[C@@H](N)C(C)C)C[C@@]1(N)C(=O)O. The number of likely N-dealkylation sites (tertiary alicyclic amines) is 1. The highest BCUT2D eigenvalue weighted by Gasteiger charge is 2.50. The second kappa shape index (κ2) is 6.58. The van der Waals surface area contributed by atoms with Gasteiger partial charge in [-0.25, -0.2) is 0 Å². The number of nitrogens with two attached hydrogens (primary N) is 2. The van der Waals surface area contributed by atoms with E-state index >= 15 is 0 Å². The minimum Gasteiger partial charge on any atom is -0.480 e. The first-order valence-electron chi connectivity index (χ1n) is 7.30. The van der Waals surface area contributed by atoms with Crippen LogP contribution in [0.15, 0.2) is 0 Å². The molecule has 0 aromatic heterocycles. The minimum atomic E-state index is -1.35. The molecule has 7 heteroatoms. The Kier molecular flexibility index (Phi) is 5.59. The first-order chi connectivity index (χ1) is 9.24. The van der Waals surface area contributed by atoms with Crippen LogP contribution in [0.5, 0.6) is 0 Å². The Hall–Kier alpha value is -1.08. The normalized spacial score (nSPS) is 27.9. The van der Waals surface area contributed by atoms with Crippen molar-refractivity contribution in [2.45, 2.75) is 44.6 Å². The number of carbonyl (C=O) groups excluding carboxylic acids is 1. The van der Waals surface area contributed by atoms with Gasteiger partial charge in [0.2, 0.25) is 5.91 Å². The zero-order valence-electron chi connectivity index (χ0n) is 12.6. The van der Waals surface area contributed by atoms with Crippen LogP contribution in [-0.4, -0.2) is 54.4 Å². The molecule has 0 radical (unpaired) electrons. The van der Waals surface area contributed by atoms with Crippen molar-refractivity contribution in [1.29, 1.82) is 0 Å². The van der Waals surface area contributed by atoms with Crippen molar-refractivity contribution in [3.05, 3.63) is 0 Å². The fraction of sp³-hybridized carbons (Fsp3) is 0.846. The molecule has 20 heavy (non-hydrogen) atoms. The molecule has 1 aliphatic rings. The second-order valence-corrected chi connectivity index (χ2v) is 6.17. The summed E-state index contributed by atoms with van der Waals surface area (Å²) < 4.78 is 0. The van der Waals surface area contributed by atoms with Crippen LogP contribution in [0.4, 0.5) is 0 Å². The first kappa shape index (κ1) is 17.0. The molecular weight excluding hydrogens is 257 g/mol. The van der Waals surface area contributed by atoms with Crippen molar-refractivity contribution in [2.24, 2.45) is 23.3 Å². The highest BCUT2D eigenvalue weighted by atomic mass is 16.4. The lowest BCUT2D eigenvalue weighted by Gasteiger charge is -2.25. The number of hydrogen-bond acceptors (Lipinski definition) is 4. The molecule has 1 heterocycles.